The van der Waals surface area contributed by atoms with E-state index in [-0.39, 0.29) is 0 Å². The second-order valence-corrected chi connectivity index (χ2v) is 13.5. The van der Waals surface area contributed by atoms with Gasteiger partial charge in [-0.15, -0.1) is 0 Å². The average molecular weight is 905 g/mol. The maximum Gasteiger partial charge on any atom is 0.0541 e. The Bertz CT molecular complexity index is 3200. The van der Waals surface area contributed by atoms with Crippen LogP contribution in [0.25, 0.3) is 98.6 Å². The fraction of sp³-hybridized carbons (Fsp3) is 0.250. The molecule has 0 aliphatic rings. The summed E-state index contributed by atoms with van der Waals surface area (Å²) in [6, 6.07) is 64.9. The molecule has 2 N–H and O–H groups in total. The summed E-state index contributed by atoms with van der Waals surface area (Å²) in [7, 11) is 0. The van der Waals surface area contributed by atoms with Gasteiger partial charge in [0.25, 0.3) is 0 Å². The summed E-state index contributed by atoms with van der Waals surface area (Å²) < 4.78 is 4.72. The molecule has 0 atom stereocenters. The molecule has 0 aliphatic carbocycles. The van der Waals surface area contributed by atoms with E-state index in [9.17, 15) is 0 Å². The molecule has 8 aromatic carbocycles. The van der Waals surface area contributed by atoms with Gasteiger partial charge in [0.15, 0.2) is 0 Å². The number of rotatable bonds is 2. The van der Waals surface area contributed by atoms with Crippen LogP contribution in [0.5, 0.6) is 0 Å². The molecular formula is C64H80N4. The van der Waals surface area contributed by atoms with Gasteiger partial charge in [-0.25, -0.2) is 0 Å². The Morgan fingerprint density at radius 1 is 0.221 bits per heavy atom. The standard InChI is InChI=1S/2C24H16N2.8C2H6/c1-4-10-21-17(7-1)18-14-13-16(15-22(18)25-21)26-23-11-5-2-8-19(23)20-9-3-6-12-24(20)26;1-4-10-21-17(7-1)20-15-16(13-14-22(20)25-21)26-23-11-5-2-8-18(23)19-9-3-6-12-24(19)26;8*1-2/h2*1-15,25H;8*1-2H3. The molecule has 0 bridgehead atoms. The second kappa shape index (κ2) is 28.9. The lowest BCUT2D eigenvalue weighted by Gasteiger charge is -2.08. The predicted octanol–water partition coefficient (Wildman–Crippen LogP) is 21.0. The molecule has 4 nitrogen and oxygen atoms in total. The van der Waals surface area contributed by atoms with Crippen LogP contribution in [0.3, 0.4) is 0 Å². The highest BCUT2D eigenvalue weighted by molar-refractivity contribution is 6.12. The van der Waals surface area contributed by atoms with Gasteiger partial charge in [0, 0.05) is 76.5 Å². The largest absolute Gasteiger partial charge is 0.355 e. The van der Waals surface area contributed by atoms with E-state index < -0.39 is 0 Å². The smallest absolute Gasteiger partial charge is 0.0541 e. The summed E-state index contributed by atoms with van der Waals surface area (Å²) in [4.78, 5) is 7.08. The number of para-hydroxylation sites is 6. The normalized spacial score (nSPS) is 9.76. The van der Waals surface area contributed by atoms with Crippen molar-refractivity contribution in [1.29, 1.82) is 0 Å². The first kappa shape index (κ1) is 55.3. The van der Waals surface area contributed by atoms with Crippen molar-refractivity contribution >= 4 is 87.2 Å². The van der Waals surface area contributed by atoms with E-state index in [0.29, 0.717) is 0 Å². The van der Waals surface area contributed by atoms with Crippen LogP contribution in [0.1, 0.15) is 111 Å². The molecule has 4 aromatic heterocycles. The van der Waals surface area contributed by atoms with Crippen LogP contribution in [0.4, 0.5) is 0 Å². The molecule has 0 fully saturated rings. The van der Waals surface area contributed by atoms with Crippen molar-refractivity contribution < 1.29 is 0 Å². The zero-order chi connectivity index (χ0) is 50.2. The Kier molecular flexibility index (Phi) is 23.5. The first-order chi connectivity index (χ1) is 33.8. The van der Waals surface area contributed by atoms with E-state index >= 15 is 0 Å². The van der Waals surface area contributed by atoms with Crippen molar-refractivity contribution in [3.8, 4) is 11.4 Å². The van der Waals surface area contributed by atoms with Gasteiger partial charge in [0.1, 0.15) is 0 Å². The third kappa shape index (κ3) is 11.2. The molecule has 0 saturated heterocycles. The summed E-state index contributed by atoms with van der Waals surface area (Å²) in [5, 5.41) is 10.2. The van der Waals surface area contributed by atoms with Gasteiger partial charge in [-0.1, -0.05) is 226 Å². The van der Waals surface area contributed by atoms with E-state index in [2.05, 4.69) is 201 Å². The molecule has 12 aromatic rings. The fourth-order valence-electron chi connectivity index (χ4n) is 8.36. The topological polar surface area (TPSA) is 41.4 Å². The number of nitrogens with zero attached hydrogens (tertiary/aromatic N) is 2. The van der Waals surface area contributed by atoms with Crippen LogP contribution in [-0.2, 0) is 0 Å². The van der Waals surface area contributed by atoms with Crippen molar-refractivity contribution in [2.75, 3.05) is 0 Å². The average Bonchev–Trinajstić information content (AvgIpc) is 4.21. The first-order valence-electron chi connectivity index (χ1n) is 25.8. The van der Waals surface area contributed by atoms with Gasteiger partial charge in [0.05, 0.1) is 22.1 Å². The Morgan fingerprint density at radius 3 is 0.882 bits per heavy atom. The number of fused-ring (bicyclic) bond motifs is 12. The Labute approximate surface area is 408 Å². The van der Waals surface area contributed by atoms with Gasteiger partial charge >= 0.3 is 0 Å². The summed E-state index contributed by atoms with van der Waals surface area (Å²) in [6.45, 7) is 32.0. The lowest BCUT2D eigenvalue weighted by Crippen LogP contribution is -1.93. The number of aromatic nitrogens is 4. The van der Waals surface area contributed by atoms with E-state index in [1.54, 1.807) is 0 Å². The minimum Gasteiger partial charge on any atom is -0.355 e. The zero-order valence-corrected chi connectivity index (χ0v) is 44.2. The van der Waals surface area contributed by atoms with Gasteiger partial charge in [-0.05, 0) is 66.7 Å². The number of benzene rings is 8. The highest BCUT2D eigenvalue weighted by Crippen LogP contribution is 2.36. The lowest BCUT2D eigenvalue weighted by atomic mass is 10.1. The zero-order valence-electron chi connectivity index (χ0n) is 44.2. The molecule has 4 heteroatoms. The maximum atomic E-state index is 3.56. The summed E-state index contributed by atoms with van der Waals surface area (Å²) in [6.07, 6.45) is 0. The minimum atomic E-state index is 1.17. The van der Waals surface area contributed by atoms with Crippen LogP contribution < -0.4 is 0 Å². The van der Waals surface area contributed by atoms with Gasteiger partial charge < -0.3 is 19.1 Å². The fourth-order valence-corrected chi connectivity index (χ4v) is 8.36. The number of hydrogen-bond acceptors (Lipinski definition) is 0. The molecular weight excluding hydrogens is 825 g/mol. The lowest BCUT2D eigenvalue weighted by molar-refractivity contribution is 1.18. The molecule has 4 heterocycles. The molecule has 0 unspecified atom stereocenters. The van der Waals surface area contributed by atoms with Crippen LogP contribution in [0, 0.1) is 0 Å². The number of nitrogens with one attached hydrogen (secondary N) is 2. The molecule has 0 saturated carbocycles. The van der Waals surface area contributed by atoms with Crippen LogP contribution >= 0.6 is 0 Å². The Balaban J connectivity index is 0.000000280. The van der Waals surface area contributed by atoms with Crippen molar-refractivity contribution in [2.45, 2.75) is 111 Å². The van der Waals surface area contributed by atoms with E-state index in [1.807, 2.05) is 111 Å². The molecule has 68 heavy (non-hydrogen) atoms. The first-order valence-corrected chi connectivity index (χ1v) is 25.8. The van der Waals surface area contributed by atoms with Crippen molar-refractivity contribution in [3.63, 3.8) is 0 Å². The third-order valence-corrected chi connectivity index (χ3v) is 10.7. The molecule has 0 radical (unpaired) electrons. The highest BCUT2D eigenvalue weighted by Gasteiger charge is 2.14. The quantitative estimate of drug-likeness (QED) is 0.174. The SMILES string of the molecule is CC.CC.CC.CC.CC.CC.CC.CC.c1ccc2c(c1)[nH]c1cc(-n3c4ccccc4c4ccccc43)ccc12.c1ccc2c(c1)[nH]c1ccc(-n3c4ccccc4c4ccccc43)cc12. The van der Waals surface area contributed by atoms with Crippen molar-refractivity contribution in [2.24, 2.45) is 0 Å². The highest BCUT2D eigenvalue weighted by atomic mass is 15.0. The van der Waals surface area contributed by atoms with E-state index in [0.717, 1.165) is 0 Å². The molecule has 0 amide bonds. The summed E-state index contributed by atoms with van der Waals surface area (Å²) in [5.74, 6) is 0. The van der Waals surface area contributed by atoms with Gasteiger partial charge in [-0.3, -0.25) is 0 Å². The van der Waals surface area contributed by atoms with Crippen molar-refractivity contribution in [1.82, 2.24) is 19.1 Å². The van der Waals surface area contributed by atoms with Crippen LogP contribution in [0.2, 0.25) is 0 Å². The Hall–Kier alpha value is -7.04. The molecule has 356 valence electrons. The van der Waals surface area contributed by atoms with E-state index in [1.165, 1.54) is 98.6 Å². The molecule has 0 aliphatic heterocycles. The minimum absolute atomic E-state index is 1.17. The van der Waals surface area contributed by atoms with E-state index in [4.69, 9.17) is 0 Å². The molecule has 12 rings (SSSR count). The van der Waals surface area contributed by atoms with Crippen molar-refractivity contribution in [3.05, 3.63) is 182 Å². The van der Waals surface area contributed by atoms with Gasteiger partial charge in [-0.2, -0.15) is 0 Å². The Morgan fingerprint density at radius 2 is 0.485 bits per heavy atom. The maximum absolute atomic E-state index is 3.56. The number of hydrogen-bond donors (Lipinski definition) is 2. The number of H-pyrrole nitrogens is 2. The predicted molar refractivity (Wildman–Crippen MR) is 311 cm³/mol. The van der Waals surface area contributed by atoms with Crippen LogP contribution in [-0.4, -0.2) is 19.1 Å². The molecule has 0 spiro atoms. The summed E-state index contributed by atoms with van der Waals surface area (Å²) >= 11 is 0. The summed E-state index contributed by atoms with van der Waals surface area (Å²) in [5.41, 5.74) is 12.1. The monoisotopic (exact) mass is 905 g/mol. The third-order valence-electron chi connectivity index (χ3n) is 10.7. The number of aromatic amines is 2. The second-order valence-electron chi connectivity index (χ2n) is 13.5. The van der Waals surface area contributed by atoms with Crippen LogP contribution in [0.15, 0.2) is 182 Å². The van der Waals surface area contributed by atoms with Gasteiger partial charge in [0.2, 0.25) is 0 Å².